The van der Waals surface area contributed by atoms with Crippen LogP contribution in [-0.4, -0.2) is 72.3 Å². The molecule has 0 radical (unpaired) electrons. The fourth-order valence-corrected chi connectivity index (χ4v) is 4.05. The van der Waals surface area contributed by atoms with Gasteiger partial charge >= 0.3 is 12.1 Å². The zero-order valence-electron chi connectivity index (χ0n) is 14.2. The van der Waals surface area contributed by atoms with E-state index in [1.807, 2.05) is 24.3 Å². The highest BCUT2D eigenvalue weighted by Crippen LogP contribution is 2.44. The molecule has 138 valence electrons. The van der Waals surface area contributed by atoms with Gasteiger partial charge in [0.1, 0.15) is 18.9 Å². The molecule has 2 fully saturated rings. The molecule has 0 saturated carbocycles. The minimum Gasteiger partial charge on any atom is -0.493 e. The average molecular weight is 360 g/mol. The summed E-state index contributed by atoms with van der Waals surface area (Å²) in [7, 11) is 0. The number of cyclic esters (lactones) is 1. The highest BCUT2D eigenvalue weighted by atomic mass is 16.6. The third kappa shape index (κ3) is 2.65. The fourth-order valence-electron chi connectivity index (χ4n) is 4.05. The van der Waals surface area contributed by atoms with E-state index in [0.29, 0.717) is 25.3 Å². The van der Waals surface area contributed by atoms with Gasteiger partial charge in [-0.2, -0.15) is 0 Å². The first kappa shape index (κ1) is 16.7. The lowest BCUT2D eigenvalue weighted by Gasteiger charge is -2.27. The molecule has 3 aliphatic heterocycles. The molecule has 8 heteroatoms. The number of benzene rings is 1. The summed E-state index contributed by atoms with van der Waals surface area (Å²) in [5, 5.41) is 10.00. The van der Waals surface area contributed by atoms with E-state index in [9.17, 15) is 19.5 Å². The van der Waals surface area contributed by atoms with Crippen LogP contribution in [0, 0.1) is 11.3 Å². The van der Waals surface area contributed by atoms with Gasteiger partial charge in [-0.05, 0) is 18.1 Å². The Hall–Kier alpha value is -2.77. The van der Waals surface area contributed by atoms with Crippen LogP contribution in [0.1, 0.15) is 5.56 Å². The fraction of sp³-hybridized carbons (Fsp3) is 0.500. The van der Waals surface area contributed by atoms with Crippen molar-refractivity contribution < 1.29 is 29.0 Å². The SMILES string of the molecule is O=C(CN1CCOC1=O)N1C[C@H]2COc3ccccc3C[C@@]2(C(=O)O)C1. The lowest BCUT2D eigenvalue weighted by molar-refractivity contribution is -0.151. The number of carboxylic acids is 1. The summed E-state index contributed by atoms with van der Waals surface area (Å²) < 4.78 is 10.7. The number of para-hydroxylation sites is 1. The third-order valence-corrected chi connectivity index (χ3v) is 5.56. The highest BCUT2D eigenvalue weighted by Gasteiger charge is 2.55. The predicted molar refractivity (Wildman–Crippen MR) is 88.7 cm³/mol. The molecule has 2 saturated heterocycles. The Morgan fingerprint density at radius 2 is 2.08 bits per heavy atom. The van der Waals surface area contributed by atoms with Crippen molar-refractivity contribution in [3.05, 3.63) is 29.8 Å². The van der Waals surface area contributed by atoms with E-state index in [-0.39, 0.29) is 38.1 Å². The van der Waals surface area contributed by atoms with E-state index in [4.69, 9.17) is 9.47 Å². The van der Waals surface area contributed by atoms with Crippen LogP contribution in [-0.2, 0) is 20.7 Å². The van der Waals surface area contributed by atoms with Crippen LogP contribution in [0.5, 0.6) is 5.75 Å². The molecule has 1 aromatic rings. The Labute approximate surface area is 150 Å². The first-order chi connectivity index (χ1) is 12.5. The van der Waals surface area contributed by atoms with Gasteiger partial charge < -0.3 is 19.5 Å². The van der Waals surface area contributed by atoms with Gasteiger partial charge in [0.25, 0.3) is 0 Å². The molecule has 1 aromatic carbocycles. The normalized spacial score (nSPS) is 27.2. The number of likely N-dealkylation sites (tertiary alicyclic amines) is 1. The number of carbonyl (C=O) groups excluding carboxylic acids is 2. The van der Waals surface area contributed by atoms with E-state index in [0.717, 1.165) is 5.56 Å². The number of aliphatic carboxylic acids is 1. The maximum absolute atomic E-state index is 12.6. The number of hydrogen-bond donors (Lipinski definition) is 1. The number of rotatable bonds is 3. The molecule has 2 amide bonds. The zero-order chi connectivity index (χ0) is 18.3. The molecule has 1 N–H and O–H groups in total. The monoisotopic (exact) mass is 360 g/mol. The quantitative estimate of drug-likeness (QED) is 0.848. The van der Waals surface area contributed by atoms with Crippen molar-refractivity contribution in [3.8, 4) is 5.75 Å². The molecule has 8 nitrogen and oxygen atoms in total. The van der Waals surface area contributed by atoms with Crippen LogP contribution >= 0.6 is 0 Å². The van der Waals surface area contributed by atoms with Gasteiger partial charge in [0.05, 0.1) is 18.6 Å². The highest BCUT2D eigenvalue weighted by molar-refractivity contribution is 5.85. The van der Waals surface area contributed by atoms with Gasteiger partial charge in [-0.1, -0.05) is 18.2 Å². The third-order valence-electron chi connectivity index (χ3n) is 5.56. The Balaban J connectivity index is 1.56. The molecule has 26 heavy (non-hydrogen) atoms. The predicted octanol–water partition coefficient (Wildman–Crippen LogP) is 0.603. The summed E-state index contributed by atoms with van der Waals surface area (Å²) in [6, 6.07) is 7.42. The number of nitrogens with zero attached hydrogens (tertiary/aromatic N) is 2. The van der Waals surface area contributed by atoms with Gasteiger partial charge in [-0.3, -0.25) is 14.5 Å². The van der Waals surface area contributed by atoms with Crippen molar-refractivity contribution in [1.29, 1.82) is 0 Å². The summed E-state index contributed by atoms with van der Waals surface area (Å²) in [6.45, 7) is 1.24. The lowest BCUT2D eigenvalue weighted by atomic mass is 9.74. The summed E-state index contributed by atoms with van der Waals surface area (Å²) in [5.41, 5.74) is -0.233. The van der Waals surface area contributed by atoms with Crippen molar-refractivity contribution >= 4 is 18.0 Å². The first-order valence-electron chi connectivity index (χ1n) is 8.63. The largest absolute Gasteiger partial charge is 0.493 e. The molecule has 2 atom stereocenters. The van der Waals surface area contributed by atoms with Crippen LogP contribution in [0.2, 0.25) is 0 Å². The molecule has 0 aliphatic carbocycles. The molecule has 4 rings (SSSR count). The number of amides is 2. The lowest BCUT2D eigenvalue weighted by Crippen LogP contribution is -2.44. The van der Waals surface area contributed by atoms with Crippen LogP contribution in [0.3, 0.4) is 0 Å². The molecular weight excluding hydrogens is 340 g/mol. The van der Waals surface area contributed by atoms with Gasteiger partial charge in [0.15, 0.2) is 0 Å². The van der Waals surface area contributed by atoms with Crippen molar-refractivity contribution in [1.82, 2.24) is 9.80 Å². The molecular formula is C18H20N2O6. The maximum Gasteiger partial charge on any atom is 0.410 e. The van der Waals surface area contributed by atoms with Crippen molar-refractivity contribution in [3.63, 3.8) is 0 Å². The van der Waals surface area contributed by atoms with E-state index in [2.05, 4.69) is 0 Å². The minimum absolute atomic E-state index is 0.0846. The van der Waals surface area contributed by atoms with E-state index in [1.165, 1.54) is 4.90 Å². The number of fused-ring (bicyclic) bond motifs is 2. The smallest absolute Gasteiger partial charge is 0.410 e. The first-order valence-corrected chi connectivity index (χ1v) is 8.63. The summed E-state index contributed by atoms with van der Waals surface area (Å²) in [4.78, 5) is 39.3. The summed E-state index contributed by atoms with van der Waals surface area (Å²) >= 11 is 0. The van der Waals surface area contributed by atoms with E-state index >= 15 is 0 Å². The standard InChI is InChI=1S/C18H20N2O6/c21-15(9-19-5-6-25-17(19)24)20-8-13-10-26-14-4-2-1-3-12(14)7-18(13,11-20)16(22)23/h1-4,13H,5-11H2,(H,22,23)/t13-,18+/m0/s1. The van der Waals surface area contributed by atoms with Crippen molar-refractivity contribution in [2.45, 2.75) is 6.42 Å². The van der Waals surface area contributed by atoms with Crippen LogP contribution < -0.4 is 4.74 Å². The second kappa shape index (κ2) is 6.19. The second-order valence-corrected chi connectivity index (χ2v) is 7.06. The Bertz CT molecular complexity index is 766. The second-order valence-electron chi connectivity index (χ2n) is 7.06. The molecule has 0 bridgehead atoms. The molecule has 0 aromatic heterocycles. The van der Waals surface area contributed by atoms with Crippen LogP contribution in [0.25, 0.3) is 0 Å². The van der Waals surface area contributed by atoms with Crippen molar-refractivity contribution in [2.75, 3.05) is 39.4 Å². The Morgan fingerprint density at radius 1 is 1.27 bits per heavy atom. The number of carbonyl (C=O) groups is 3. The molecule has 0 spiro atoms. The topological polar surface area (TPSA) is 96.4 Å². The Morgan fingerprint density at radius 3 is 2.81 bits per heavy atom. The van der Waals surface area contributed by atoms with E-state index in [1.54, 1.807) is 4.90 Å². The maximum atomic E-state index is 12.6. The summed E-state index contributed by atoms with van der Waals surface area (Å²) in [6.07, 6.45) is -0.185. The van der Waals surface area contributed by atoms with Crippen molar-refractivity contribution in [2.24, 2.45) is 11.3 Å². The number of ether oxygens (including phenoxy) is 2. The van der Waals surface area contributed by atoms with Gasteiger partial charge in [0.2, 0.25) is 5.91 Å². The Kier molecular flexibility index (Phi) is 3.97. The van der Waals surface area contributed by atoms with Gasteiger partial charge in [0, 0.05) is 19.0 Å². The van der Waals surface area contributed by atoms with Crippen LogP contribution in [0.15, 0.2) is 24.3 Å². The van der Waals surface area contributed by atoms with Gasteiger partial charge in [-0.25, -0.2) is 4.79 Å². The minimum atomic E-state index is -1.08. The number of carboxylic acid groups (broad SMARTS) is 1. The van der Waals surface area contributed by atoms with E-state index < -0.39 is 17.5 Å². The molecule has 3 aliphatic rings. The molecule has 3 heterocycles. The molecule has 0 unspecified atom stereocenters. The zero-order valence-corrected chi connectivity index (χ0v) is 14.2. The summed E-state index contributed by atoms with van der Waals surface area (Å²) in [5.74, 6) is -0.772. The average Bonchev–Trinajstić information content (AvgIpc) is 3.15. The van der Waals surface area contributed by atoms with Gasteiger partial charge in [-0.15, -0.1) is 0 Å². The number of hydrogen-bond acceptors (Lipinski definition) is 5. The van der Waals surface area contributed by atoms with Crippen LogP contribution in [0.4, 0.5) is 4.79 Å².